The first-order valence-corrected chi connectivity index (χ1v) is 6.12. The zero-order valence-electron chi connectivity index (χ0n) is 10.1. The minimum absolute atomic E-state index is 0.0978. The van der Waals surface area contributed by atoms with Crippen molar-refractivity contribution in [2.75, 3.05) is 5.32 Å². The van der Waals surface area contributed by atoms with Crippen LogP contribution in [0.4, 0.5) is 5.82 Å². The summed E-state index contributed by atoms with van der Waals surface area (Å²) in [6.07, 6.45) is 1.51. The molecule has 0 bridgehead atoms. The molecule has 0 aliphatic rings. The second-order valence-electron chi connectivity index (χ2n) is 4.12. The van der Waals surface area contributed by atoms with Gasteiger partial charge in [-0.15, -0.1) is 0 Å². The Balaban J connectivity index is 1.86. The van der Waals surface area contributed by atoms with Crippen molar-refractivity contribution in [3.8, 4) is 11.5 Å². The number of aromatic nitrogens is 4. The highest BCUT2D eigenvalue weighted by Crippen LogP contribution is 2.25. The number of imidazole rings is 1. The van der Waals surface area contributed by atoms with Crippen molar-refractivity contribution in [3.05, 3.63) is 35.4 Å². The van der Waals surface area contributed by atoms with Crippen LogP contribution in [-0.2, 0) is 6.54 Å². The van der Waals surface area contributed by atoms with Gasteiger partial charge in [-0.2, -0.15) is 9.97 Å². The zero-order chi connectivity index (χ0) is 14.1. The first-order valence-electron chi connectivity index (χ1n) is 5.75. The first kappa shape index (κ1) is 12.5. The number of phenolic OH excluding ortho intramolecular Hbond substituents is 2. The predicted octanol–water partition coefficient (Wildman–Crippen LogP) is 2.03. The SMILES string of the molecule is Oc1ccc(CNc2nc(Cl)nc3nc[nH]c23)cc1O. The van der Waals surface area contributed by atoms with Crippen molar-refractivity contribution >= 4 is 28.6 Å². The lowest BCUT2D eigenvalue weighted by Crippen LogP contribution is -2.03. The minimum atomic E-state index is -0.170. The number of nitrogens with zero attached hydrogens (tertiary/aromatic N) is 3. The lowest BCUT2D eigenvalue weighted by molar-refractivity contribution is 0.403. The third-order valence-corrected chi connectivity index (χ3v) is 2.93. The van der Waals surface area contributed by atoms with Crippen LogP contribution in [0.2, 0.25) is 5.28 Å². The lowest BCUT2D eigenvalue weighted by atomic mass is 10.2. The molecule has 0 atom stereocenters. The van der Waals surface area contributed by atoms with Crippen molar-refractivity contribution < 1.29 is 10.2 Å². The molecule has 20 heavy (non-hydrogen) atoms. The van der Waals surface area contributed by atoms with E-state index < -0.39 is 0 Å². The lowest BCUT2D eigenvalue weighted by Gasteiger charge is -2.07. The van der Waals surface area contributed by atoms with Crippen LogP contribution in [0.1, 0.15) is 5.56 Å². The Hall–Kier alpha value is -2.54. The summed E-state index contributed by atoms with van der Waals surface area (Å²) in [6, 6.07) is 4.58. The number of phenols is 2. The first-order chi connectivity index (χ1) is 9.63. The Morgan fingerprint density at radius 3 is 2.85 bits per heavy atom. The smallest absolute Gasteiger partial charge is 0.226 e. The van der Waals surface area contributed by atoms with Crippen molar-refractivity contribution in [1.29, 1.82) is 0 Å². The van der Waals surface area contributed by atoms with Gasteiger partial charge >= 0.3 is 0 Å². The van der Waals surface area contributed by atoms with E-state index >= 15 is 0 Å². The van der Waals surface area contributed by atoms with Gasteiger partial charge in [0.05, 0.1) is 6.33 Å². The van der Waals surface area contributed by atoms with Gasteiger partial charge in [-0.25, -0.2) is 4.98 Å². The number of halogens is 1. The average Bonchev–Trinajstić information content (AvgIpc) is 2.88. The number of nitrogens with one attached hydrogen (secondary N) is 2. The molecular formula is C12H10ClN5O2. The molecule has 0 amide bonds. The summed E-state index contributed by atoms with van der Waals surface area (Å²) in [7, 11) is 0. The fraction of sp³-hybridized carbons (Fsp3) is 0.0833. The van der Waals surface area contributed by atoms with Gasteiger partial charge in [-0.05, 0) is 29.3 Å². The molecule has 1 aromatic carbocycles. The summed E-state index contributed by atoms with van der Waals surface area (Å²) in [4.78, 5) is 15.0. The maximum absolute atomic E-state index is 9.44. The molecular weight excluding hydrogens is 282 g/mol. The monoisotopic (exact) mass is 291 g/mol. The highest BCUT2D eigenvalue weighted by Gasteiger charge is 2.09. The largest absolute Gasteiger partial charge is 0.504 e. The van der Waals surface area contributed by atoms with Gasteiger partial charge in [0.15, 0.2) is 23.0 Å². The average molecular weight is 292 g/mol. The standard InChI is InChI=1S/C12H10ClN5O2/c13-12-17-10(9-11(18-12)16-5-15-9)14-4-6-1-2-7(19)8(20)3-6/h1-3,5,19-20H,4H2,(H2,14,15,16,17,18). The molecule has 3 rings (SSSR count). The third kappa shape index (κ3) is 2.30. The summed E-state index contributed by atoms with van der Waals surface area (Å²) in [6.45, 7) is 0.398. The number of anilines is 1. The molecule has 4 N–H and O–H groups in total. The van der Waals surface area contributed by atoms with E-state index in [0.29, 0.717) is 23.5 Å². The normalized spacial score (nSPS) is 10.8. The van der Waals surface area contributed by atoms with Crippen LogP contribution in [0.3, 0.4) is 0 Å². The highest BCUT2D eigenvalue weighted by atomic mass is 35.5. The minimum Gasteiger partial charge on any atom is -0.504 e. The van der Waals surface area contributed by atoms with Gasteiger partial charge in [0.25, 0.3) is 0 Å². The van der Waals surface area contributed by atoms with Crippen LogP contribution in [-0.4, -0.2) is 30.1 Å². The number of aromatic hydroxyl groups is 2. The molecule has 102 valence electrons. The van der Waals surface area contributed by atoms with E-state index in [-0.39, 0.29) is 16.8 Å². The number of rotatable bonds is 3. The van der Waals surface area contributed by atoms with E-state index in [9.17, 15) is 10.2 Å². The molecule has 2 heterocycles. The zero-order valence-corrected chi connectivity index (χ0v) is 10.9. The molecule has 0 saturated heterocycles. The van der Waals surface area contributed by atoms with Crippen LogP contribution in [0, 0.1) is 0 Å². The molecule has 0 unspecified atom stereocenters. The number of hydrogen-bond donors (Lipinski definition) is 4. The molecule has 8 heteroatoms. The number of benzene rings is 1. The third-order valence-electron chi connectivity index (χ3n) is 2.76. The second kappa shape index (κ2) is 4.86. The van der Waals surface area contributed by atoms with Crippen molar-refractivity contribution in [3.63, 3.8) is 0 Å². The van der Waals surface area contributed by atoms with Gasteiger partial charge < -0.3 is 20.5 Å². The van der Waals surface area contributed by atoms with Crippen molar-refractivity contribution in [2.45, 2.75) is 6.54 Å². The van der Waals surface area contributed by atoms with Crippen LogP contribution in [0.15, 0.2) is 24.5 Å². The van der Waals surface area contributed by atoms with E-state index in [1.54, 1.807) is 6.07 Å². The van der Waals surface area contributed by atoms with Gasteiger partial charge in [0.2, 0.25) is 5.28 Å². The number of fused-ring (bicyclic) bond motifs is 1. The van der Waals surface area contributed by atoms with E-state index in [1.165, 1.54) is 18.5 Å². The maximum atomic E-state index is 9.44. The Morgan fingerprint density at radius 1 is 1.20 bits per heavy atom. The molecule has 0 radical (unpaired) electrons. The summed E-state index contributed by atoms with van der Waals surface area (Å²) >= 11 is 5.82. The fourth-order valence-electron chi connectivity index (χ4n) is 1.80. The molecule has 0 spiro atoms. The molecule has 0 aliphatic heterocycles. The molecule has 7 nitrogen and oxygen atoms in total. The van der Waals surface area contributed by atoms with Gasteiger partial charge in [0.1, 0.15) is 5.52 Å². The van der Waals surface area contributed by atoms with Crippen LogP contribution in [0.25, 0.3) is 11.2 Å². The van der Waals surface area contributed by atoms with Crippen LogP contribution in [0.5, 0.6) is 11.5 Å². The molecule has 0 fully saturated rings. The van der Waals surface area contributed by atoms with Gasteiger partial charge in [-0.1, -0.05) is 6.07 Å². The summed E-state index contributed by atoms with van der Waals surface area (Å²) in [5, 5.41) is 21.9. The topological polar surface area (TPSA) is 107 Å². The molecule has 0 saturated carbocycles. The number of aromatic amines is 1. The van der Waals surface area contributed by atoms with Gasteiger partial charge in [-0.3, -0.25) is 0 Å². The van der Waals surface area contributed by atoms with Crippen LogP contribution < -0.4 is 5.32 Å². The van der Waals surface area contributed by atoms with E-state index in [4.69, 9.17) is 11.6 Å². The Bertz CT molecular complexity index is 774. The molecule has 2 aromatic heterocycles. The Morgan fingerprint density at radius 2 is 2.05 bits per heavy atom. The van der Waals surface area contributed by atoms with E-state index in [0.717, 1.165) is 5.56 Å². The van der Waals surface area contributed by atoms with E-state index in [2.05, 4.69) is 25.3 Å². The summed E-state index contributed by atoms with van der Waals surface area (Å²) in [5.74, 6) is 0.191. The molecule has 0 aliphatic carbocycles. The summed E-state index contributed by atoms with van der Waals surface area (Å²) in [5.41, 5.74) is 1.90. The Labute approximate surface area is 118 Å². The summed E-state index contributed by atoms with van der Waals surface area (Å²) < 4.78 is 0. The number of H-pyrrole nitrogens is 1. The Kier molecular flexibility index (Phi) is 3.03. The second-order valence-corrected chi connectivity index (χ2v) is 4.46. The van der Waals surface area contributed by atoms with Gasteiger partial charge in [0, 0.05) is 6.54 Å². The highest BCUT2D eigenvalue weighted by molar-refractivity contribution is 6.28. The maximum Gasteiger partial charge on any atom is 0.226 e. The predicted molar refractivity (Wildman–Crippen MR) is 73.8 cm³/mol. The van der Waals surface area contributed by atoms with Crippen molar-refractivity contribution in [1.82, 2.24) is 19.9 Å². The van der Waals surface area contributed by atoms with E-state index in [1.807, 2.05) is 0 Å². The molecule has 3 aromatic rings. The number of hydrogen-bond acceptors (Lipinski definition) is 6. The van der Waals surface area contributed by atoms with Crippen LogP contribution >= 0.6 is 11.6 Å². The van der Waals surface area contributed by atoms with Crippen molar-refractivity contribution in [2.24, 2.45) is 0 Å². The fourth-order valence-corrected chi connectivity index (χ4v) is 1.96. The quantitative estimate of drug-likeness (QED) is 0.434.